The van der Waals surface area contributed by atoms with Crippen molar-refractivity contribution >= 4 is 11.6 Å². The van der Waals surface area contributed by atoms with Crippen LogP contribution in [0.1, 0.15) is 36.1 Å². The maximum Gasteiger partial charge on any atom is 0.231 e. The molecule has 2 aromatic rings. The van der Waals surface area contributed by atoms with Gasteiger partial charge in [0.2, 0.25) is 6.79 Å². The van der Waals surface area contributed by atoms with E-state index in [0.29, 0.717) is 5.02 Å². The Morgan fingerprint density at radius 3 is 2.95 bits per heavy atom. The standard InChI is InChI=1S/C15H17ClN4O2/c1-9-17-15(19-18-9)12-3-2-4-20(12)7-10-5-13-14(6-11(10)16)22-8-21-13/h5-6,12H,2-4,7-8H2,1H3,(H,17,18,19)/t12-/m0/s1. The number of halogens is 1. The highest BCUT2D eigenvalue weighted by molar-refractivity contribution is 6.31. The van der Waals surface area contributed by atoms with E-state index in [0.717, 1.165) is 54.6 Å². The summed E-state index contributed by atoms with van der Waals surface area (Å²) < 4.78 is 10.8. The van der Waals surface area contributed by atoms with Crippen molar-refractivity contribution in [2.24, 2.45) is 0 Å². The number of hydrogen-bond donors (Lipinski definition) is 1. The lowest BCUT2D eigenvalue weighted by atomic mass is 10.1. The van der Waals surface area contributed by atoms with Gasteiger partial charge in [0.1, 0.15) is 5.82 Å². The Bertz CT molecular complexity index is 703. The molecular weight excluding hydrogens is 304 g/mol. The number of hydrogen-bond acceptors (Lipinski definition) is 5. The lowest BCUT2D eigenvalue weighted by Gasteiger charge is -2.22. The van der Waals surface area contributed by atoms with E-state index in [2.05, 4.69) is 20.1 Å². The van der Waals surface area contributed by atoms with Crippen molar-refractivity contribution < 1.29 is 9.47 Å². The molecule has 1 aromatic carbocycles. The first-order chi connectivity index (χ1) is 10.7. The number of fused-ring (bicyclic) bond motifs is 1. The molecule has 4 rings (SSSR count). The third kappa shape index (κ3) is 2.42. The minimum Gasteiger partial charge on any atom is -0.454 e. The van der Waals surface area contributed by atoms with Gasteiger partial charge < -0.3 is 9.47 Å². The van der Waals surface area contributed by atoms with E-state index in [-0.39, 0.29) is 12.8 Å². The van der Waals surface area contributed by atoms with Crippen LogP contribution in [0.25, 0.3) is 0 Å². The van der Waals surface area contributed by atoms with Gasteiger partial charge in [-0.25, -0.2) is 4.98 Å². The average Bonchev–Trinajstić information content (AvgIpc) is 3.20. The zero-order valence-corrected chi connectivity index (χ0v) is 13.1. The lowest BCUT2D eigenvalue weighted by Crippen LogP contribution is -2.23. The Labute approximate surface area is 133 Å². The number of aromatic nitrogens is 3. The molecule has 1 fully saturated rings. The van der Waals surface area contributed by atoms with Crippen molar-refractivity contribution in [2.75, 3.05) is 13.3 Å². The smallest absolute Gasteiger partial charge is 0.231 e. The highest BCUT2D eigenvalue weighted by Crippen LogP contribution is 2.39. The summed E-state index contributed by atoms with van der Waals surface area (Å²) in [5, 5.41) is 7.95. The number of aryl methyl sites for hydroxylation is 1. The van der Waals surface area contributed by atoms with Gasteiger partial charge in [-0.3, -0.25) is 10.00 Å². The molecule has 0 unspecified atom stereocenters. The summed E-state index contributed by atoms with van der Waals surface area (Å²) in [6, 6.07) is 4.05. The molecule has 1 N–H and O–H groups in total. The molecule has 2 aliphatic heterocycles. The Morgan fingerprint density at radius 1 is 1.36 bits per heavy atom. The Hall–Kier alpha value is -1.79. The van der Waals surface area contributed by atoms with Crippen molar-refractivity contribution in [3.63, 3.8) is 0 Å². The summed E-state index contributed by atoms with van der Waals surface area (Å²) in [5.74, 6) is 3.20. The van der Waals surface area contributed by atoms with Gasteiger partial charge in [-0.1, -0.05) is 11.6 Å². The van der Waals surface area contributed by atoms with Gasteiger partial charge >= 0.3 is 0 Å². The molecule has 116 valence electrons. The van der Waals surface area contributed by atoms with E-state index in [9.17, 15) is 0 Å². The largest absolute Gasteiger partial charge is 0.454 e. The molecule has 1 atom stereocenters. The maximum atomic E-state index is 6.38. The van der Waals surface area contributed by atoms with Crippen LogP contribution in [0, 0.1) is 6.92 Å². The first-order valence-corrected chi connectivity index (χ1v) is 7.79. The zero-order valence-electron chi connectivity index (χ0n) is 12.3. The SMILES string of the molecule is Cc1nc([C@@H]2CCCN2Cc2cc3c(cc2Cl)OCO3)n[nH]1. The summed E-state index contributed by atoms with van der Waals surface area (Å²) in [6.45, 7) is 3.96. The summed E-state index contributed by atoms with van der Waals surface area (Å²) in [6.07, 6.45) is 2.21. The monoisotopic (exact) mass is 320 g/mol. The van der Waals surface area contributed by atoms with E-state index in [4.69, 9.17) is 21.1 Å². The third-order valence-corrected chi connectivity index (χ3v) is 4.54. The fourth-order valence-corrected chi connectivity index (χ4v) is 3.33. The van der Waals surface area contributed by atoms with Gasteiger partial charge in [-0.15, -0.1) is 0 Å². The van der Waals surface area contributed by atoms with Gasteiger partial charge in [0.05, 0.1) is 6.04 Å². The Balaban J connectivity index is 1.57. The minimum atomic E-state index is 0.242. The number of H-pyrrole nitrogens is 1. The molecule has 0 bridgehead atoms. The third-order valence-electron chi connectivity index (χ3n) is 4.19. The molecule has 3 heterocycles. The normalized spacial score (nSPS) is 20.7. The molecule has 1 saturated heterocycles. The van der Waals surface area contributed by atoms with Crippen LogP contribution in [0.2, 0.25) is 5.02 Å². The van der Waals surface area contributed by atoms with Crippen LogP contribution in [0.4, 0.5) is 0 Å². The second kappa shape index (κ2) is 5.44. The first-order valence-electron chi connectivity index (χ1n) is 7.41. The molecule has 1 aromatic heterocycles. The van der Waals surface area contributed by atoms with Crippen molar-refractivity contribution in [3.8, 4) is 11.5 Å². The fourth-order valence-electron chi connectivity index (χ4n) is 3.12. The van der Waals surface area contributed by atoms with Gasteiger partial charge in [0, 0.05) is 17.6 Å². The molecule has 0 radical (unpaired) electrons. The Morgan fingerprint density at radius 2 is 2.18 bits per heavy atom. The first kappa shape index (κ1) is 13.8. The van der Waals surface area contributed by atoms with Crippen molar-refractivity contribution in [1.29, 1.82) is 0 Å². The average molecular weight is 321 g/mol. The van der Waals surface area contributed by atoms with E-state index < -0.39 is 0 Å². The van der Waals surface area contributed by atoms with Crippen molar-refractivity contribution in [1.82, 2.24) is 20.1 Å². The number of benzene rings is 1. The van der Waals surface area contributed by atoms with Crippen LogP contribution < -0.4 is 9.47 Å². The second-order valence-corrected chi connectivity index (χ2v) is 6.11. The number of nitrogens with one attached hydrogen (secondary N) is 1. The molecule has 0 spiro atoms. The highest BCUT2D eigenvalue weighted by Gasteiger charge is 2.30. The van der Waals surface area contributed by atoms with Crippen LogP contribution in [0.5, 0.6) is 11.5 Å². The molecular formula is C15H17ClN4O2. The Kier molecular flexibility index (Phi) is 3.43. The van der Waals surface area contributed by atoms with E-state index in [1.165, 1.54) is 0 Å². The minimum absolute atomic E-state index is 0.242. The van der Waals surface area contributed by atoms with E-state index in [1.807, 2.05) is 19.1 Å². The predicted octanol–water partition coefficient (Wildman–Crippen LogP) is 2.83. The summed E-state index contributed by atoms with van der Waals surface area (Å²) in [5.41, 5.74) is 1.05. The lowest BCUT2D eigenvalue weighted by molar-refractivity contribution is 0.174. The van der Waals surface area contributed by atoms with Crippen LogP contribution >= 0.6 is 11.6 Å². The van der Waals surface area contributed by atoms with Crippen molar-refractivity contribution in [3.05, 3.63) is 34.4 Å². The van der Waals surface area contributed by atoms with Crippen LogP contribution in [-0.4, -0.2) is 33.4 Å². The number of nitrogens with zero attached hydrogens (tertiary/aromatic N) is 3. The fraction of sp³-hybridized carbons (Fsp3) is 0.467. The van der Waals surface area contributed by atoms with Crippen molar-refractivity contribution in [2.45, 2.75) is 32.4 Å². The van der Waals surface area contributed by atoms with Crippen LogP contribution in [0.15, 0.2) is 12.1 Å². The van der Waals surface area contributed by atoms with Crippen LogP contribution in [-0.2, 0) is 6.54 Å². The molecule has 0 aliphatic carbocycles. The molecule has 0 amide bonds. The molecule has 7 heteroatoms. The van der Waals surface area contributed by atoms with Gasteiger partial charge in [-0.05, 0) is 37.9 Å². The van der Waals surface area contributed by atoms with E-state index >= 15 is 0 Å². The number of aromatic amines is 1. The molecule has 2 aliphatic rings. The summed E-state index contributed by atoms with van der Waals surface area (Å²) >= 11 is 6.38. The van der Waals surface area contributed by atoms with Gasteiger partial charge in [0.15, 0.2) is 17.3 Å². The van der Waals surface area contributed by atoms with Gasteiger partial charge in [-0.2, -0.15) is 5.10 Å². The number of rotatable bonds is 3. The topological polar surface area (TPSA) is 63.3 Å². The molecule has 6 nitrogen and oxygen atoms in total. The zero-order chi connectivity index (χ0) is 15.1. The van der Waals surface area contributed by atoms with E-state index in [1.54, 1.807) is 0 Å². The molecule has 0 saturated carbocycles. The molecule has 22 heavy (non-hydrogen) atoms. The van der Waals surface area contributed by atoms with Gasteiger partial charge in [0.25, 0.3) is 0 Å². The summed E-state index contributed by atoms with van der Waals surface area (Å²) in [4.78, 5) is 6.85. The predicted molar refractivity (Wildman–Crippen MR) is 81.1 cm³/mol. The second-order valence-electron chi connectivity index (χ2n) is 5.70. The summed E-state index contributed by atoms with van der Waals surface area (Å²) in [7, 11) is 0. The number of ether oxygens (including phenoxy) is 2. The highest BCUT2D eigenvalue weighted by atomic mass is 35.5. The maximum absolute atomic E-state index is 6.38. The number of likely N-dealkylation sites (tertiary alicyclic amines) is 1. The van der Waals surface area contributed by atoms with Crippen LogP contribution in [0.3, 0.4) is 0 Å². The quantitative estimate of drug-likeness (QED) is 0.942.